The fourth-order valence-electron chi connectivity index (χ4n) is 1.88. The second kappa shape index (κ2) is 6.68. The molecule has 0 spiro atoms. The Morgan fingerprint density at radius 1 is 1.42 bits per heavy atom. The highest BCUT2D eigenvalue weighted by Gasteiger charge is 2.07. The Hall–Kier alpha value is -1.39. The maximum absolute atomic E-state index is 13.8. The molecule has 0 radical (unpaired) electrons. The fraction of sp³-hybridized carbons (Fsp3) is 0.357. The third-order valence-electron chi connectivity index (χ3n) is 2.88. The zero-order chi connectivity index (χ0) is 13.7. The molecule has 5 heteroatoms. The first-order valence-electron chi connectivity index (χ1n) is 6.35. The lowest BCUT2D eigenvalue weighted by Crippen LogP contribution is -2.16. The summed E-state index contributed by atoms with van der Waals surface area (Å²) >= 11 is 5.76. The molecule has 0 atom stereocenters. The van der Waals surface area contributed by atoms with Crippen LogP contribution in [0.3, 0.4) is 0 Å². The Kier molecular flexibility index (Phi) is 4.93. The third kappa shape index (κ3) is 3.78. The average molecular weight is 282 g/mol. The predicted molar refractivity (Wildman–Crippen MR) is 75.0 cm³/mol. The monoisotopic (exact) mass is 281 g/mol. The normalized spacial score (nSPS) is 10.9. The van der Waals surface area contributed by atoms with E-state index in [0.717, 1.165) is 25.2 Å². The van der Waals surface area contributed by atoms with E-state index in [9.17, 15) is 4.39 Å². The number of benzene rings is 1. The number of likely N-dealkylation sites (N-methyl/N-ethyl adjacent to an activating group) is 1. The molecule has 0 fully saturated rings. The second-order valence-electron chi connectivity index (χ2n) is 4.35. The molecule has 0 amide bonds. The highest BCUT2D eigenvalue weighted by atomic mass is 35.5. The molecule has 1 aromatic carbocycles. The molecular formula is C14H17ClFN3. The van der Waals surface area contributed by atoms with Crippen LogP contribution in [-0.4, -0.2) is 22.6 Å². The summed E-state index contributed by atoms with van der Waals surface area (Å²) in [6.45, 7) is 4.37. The molecule has 1 N–H and O–H groups in total. The summed E-state index contributed by atoms with van der Waals surface area (Å²) in [6.07, 6.45) is 4.54. The molecule has 0 aliphatic carbocycles. The van der Waals surface area contributed by atoms with Crippen molar-refractivity contribution < 1.29 is 4.39 Å². The number of hydrogen-bond donors (Lipinski definition) is 1. The van der Waals surface area contributed by atoms with Crippen LogP contribution in [0, 0.1) is 5.82 Å². The lowest BCUT2D eigenvalue weighted by molar-refractivity contribution is 0.599. The zero-order valence-corrected chi connectivity index (χ0v) is 11.6. The molecule has 0 unspecified atom stereocenters. The quantitative estimate of drug-likeness (QED) is 0.825. The molecule has 1 heterocycles. The van der Waals surface area contributed by atoms with E-state index in [1.807, 2.05) is 10.8 Å². The lowest BCUT2D eigenvalue weighted by Gasteiger charge is -2.05. The van der Waals surface area contributed by atoms with Gasteiger partial charge in [0, 0.05) is 24.7 Å². The summed E-state index contributed by atoms with van der Waals surface area (Å²) in [5.74, 6) is -0.355. The molecule has 0 saturated carbocycles. The standard InChI is InChI=1S/C14H17ClFN3/c1-2-17-7-6-12-9-19(10-18-12)8-11-4-3-5-13(15)14(11)16/h3-5,9-10,17H,2,6-8H2,1H3. The smallest absolute Gasteiger partial charge is 0.146 e. The number of nitrogens with one attached hydrogen (secondary N) is 1. The molecule has 19 heavy (non-hydrogen) atoms. The van der Waals surface area contributed by atoms with Crippen LogP contribution in [0.25, 0.3) is 0 Å². The Morgan fingerprint density at radius 3 is 3.05 bits per heavy atom. The van der Waals surface area contributed by atoms with Crippen molar-refractivity contribution in [2.75, 3.05) is 13.1 Å². The molecular weight excluding hydrogens is 265 g/mol. The molecule has 0 saturated heterocycles. The van der Waals surface area contributed by atoms with E-state index in [2.05, 4.69) is 17.2 Å². The highest BCUT2D eigenvalue weighted by Crippen LogP contribution is 2.18. The van der Waals surface area contributed by atoms with Gasteiger partial charge in [-0.2, -0.15) is 0 Å². The summed E-state index contributed by atoms with van der Waals surface area (Å²) in [6, 6.07) is 5.04. The van der Waals surface area contributed by atoms with E-state index in [0.29, 0.717) is 12.1 Å². The van der Waals surface area contributed by atoms with Crippen molar-refractivity contribution in [1.82, 2.24) is 14.9 Å². The minimum absolute atomic E-state index is 0.157. The molecule has 2 aromatic rings. The molecule has 3 nitrogen and oxygen atoms in total. The largest absolute Gasteiger partial charge is 0.333 e. The summed E-state index contributed by atoms with van der Waals surface area (Å²) in [5.41, 5.74) is 1.58. The van der Waals surface area contributed by atoms with Crippen molar-refractivity contribution in [1.29, 1.82) is 0 Å². The Labute approximate surface area is 117 Å². The topological polar surface area (TPSA) is 29.9 Å². The molecule has 0 aliphatic heterocycles. The maximum Gasteiger partial charge on any atom is 0.146 e. The third-order valence-corrected chi connectivity index (χ3v) is 3.17. The van der Waals surface area contributed by atoms with E-state index >= 15 is 0 Å². The first kappa shape index (κ1) is 14.0. The van der Waals surface area contributed by atoms with Crippen LogP contribution in [0.4, 0.5) is 4.39 Å². The lowest BCUT2D eigenvalue weighted by atomic mass is 10.2. The van der Waals surface area contributed by atoms with E-state index in [1.54, 1.807) is 24.5 Å². The highest BCUT2D eigenvalue weighted by molar-refractivity contribution is 6.30. The van der Waals surface area contributed by atoms with Gasteiger partial charge < -0.3 is 9.88 Å². The van der Waals surface area contributed by atoms with Gasteiger partial charge in [0.1, 0.15) is 5.82 Å². The maximum atomic E-state index is 13.8. The number of halogens is 2. The van der Waals surface area contributed by atoms with Gasteiger partial charge in [0.15, 0.2) is 0 Å². The van der Waals surface area contributed by atoms with Crippen LogP contribution < -0.4 is 5.32 Å². The van der Waals surface area contributed by atoms with Crippen LogP contribution >= 0.6 is 11.6 Å². The van der Waals surface area contributed by atoms with Gasteiger partial charge in [-0.05, 0) is 12.6 Å². The molecule has 0 aliphatic rings. The van der Waals surface area contributed by atoms with Gasteiger partial charge in [-0.15, -0.1) is 0 Å². The van der Waals surface area contributed by atoms with Crippen molar-refractivity contribution in [2.45, 2.75) is 19.9 Å². The van der Waals surface area contributed by atoms with Crippen molar-refractivity contribution in [3.8, 4) is 0 Å². The van der Waals surface area contributed by atoms with Gasteiger partial charge in [0.05, 0.1) is 23.6 Å². The first-order valence-corrected chi connectivity index (χ1v) is 6.72. The van der Waals surface area contributed by atoms with E-state index in [4.69, 9.17) is 11.6 Å². The molecule has 1 aromatic heterocycles. The SMILES string of the molecule is CCNCCc1cn(Cc2cccc(Cl)c2F)cn1. The van der Waals surface area contributed by atoms with Crippen LogP contribution in [0.2, 0.25) is 5.02 Å². The summed E-state index contributed by atoms with van der Waals surface area (Å²) in [4.78, 5) is 4.30. The second-order valence-corrected chi connectivity index (χ2v) is 4.76. The Bertz CT molecular complexity index is 539. The van der Waals surface area contributed by atoms with Gasteiger partial charge in [-0.25, -0.2) is 9.37 Å². The predicted octanol–water partition coefficient (Wildman–Crippen LogP) is 2.88. The van der Waals surface area contributed by atoms with Gasteiger partial charge >= 0.3 is 0 Å². The van der Waals surface area contributed by atoms with Crippen molar-refractivity contribution in [2.24, 2.45) is 0 Å². The molecule has 0 bridgehead atoms. The number of rotatable bonds is 6. The first-order chi connectivity index (χ1) is 9.20. The number of nitrogens with zero attached hydrogens (tertiary/aromatic N) is 2. The molecule has 2 rings (SSSR count). The summed E-state index contributed by atoms with van der Waals surface area (Å²) in [7, 11) is 0. The van der Waals surface area contributed by atoms with Gasteiger partial charge in [-0.3, -0.25) is 0 Å². The van der Waals surface area contributed by atoms with Crippen molar-refractivity contribution in [3.05, 3.63) is 52.8 Å². The fourth-order valence-corrected chi connectivity index (χ4v) is 2.08. The average Bonchev–Trinajstić information content (AvgIpc) is 2.83. The zero-order valence-electron chi connectivity index (χ0n) is 10.9. The summed E-state index contributed by atoms with van der Waals surface area (Å²) in [5, 5.41) is 3.40. The van der Waals surface area contributed by atoms with Crippen molar-refractivity contribution >= 4 is 11.6 Å². The van der Waals surface area contributed by atoms with Crippen LogP contribution in [0.5, 0.6) is 0 Å². The van der Waals surface area contributed by atoms with Crippen LogP contribution in [-0.2, 0) is 13.0 Å². The van der Waals surface area contributed by atoms with Crippen LogP contribution in [0.1, 0.15) is 18.2 Å². The molecule has 102 valence electrons. The van der Waals surface area contributed by atoms with Gasteiger partial charge in [0.25, 0.3) is 0 Å². The number of imidazole rings is 1. The van der Waals surface area contributed by atoms with E-state index in [1.165, 1.54) is 0 Å². The summed E-state index contributed by atoms with van der Waals surface area (Å²) < 4.78 is 15.6. The number of hydrogen-bond acceptors (Lipinski definition) is 2. The Morgan fingerprint density at radius 2 is 2.26 bits per heavy atom. The Balaban J connectivity index is 2.01. The van der Waals surface area contributed by atoms with Gasteiger partial charge in [0.2, 0.25) is 0 Å². The van der Waals surface area contributed by atoms with E-state index in [-0.39, 0.29) is 10.8 Å². The van der Waals surface area contributed by atoms with Crippen molar-refractivity contribution in [3.63, 3.8) is 0 Å². The van der Waals surface area contributed by atoms with Crippen LogP contribution in [0.15, 0.2) is 30.7 Å². The minimum Gasteiger partial charge on any atom is -0.333 e. The van der Waals surface area contributed by atoms with E-state index < -0.39 is 0 Å². The minimum atomic E-state index is -0.355. The number of aromatic nitrogens is 2. The van der Waals surface area contributed by atoms with Gasteiger partial charge in [-0.1, -0.05) is 30.7 Å².